The van der Waals surface area contributed by atoms with Gasteiger partial charge in [-0.15, -0.1) is 0 Å². The second kappa shape index (κ2) is 7.49. The summed E-state index contributed by atoms with van der Waals surface area (Å²) in [6.45, 7) is 6.37. The fourth-order valence-corrected chi connectivity index (χ4v) is 3.08. The molecular weight excluding hydrogens is 298 g/mol. The molecule has 0 saturated carbocycles. The van der Waals surface area contributed by atoms with E-state index in [1.165, 1.54) is 11.3 Å². The molecule has 0 spiro atoms. The molecule has 24 heavy (non-hydrogen) atoms. The van der Waals surface area contributed by atoms with Gasteiger partial charge in [-0.25, -0.2) is 0 Å². The number of rotatable bonds is 4. The van der Waals surface area contributed by atoms with Gasteiger partial charge in [0, 0.05) is 44.6 Å². The zero-order valence-corrected chi connectivity index (χ0v) is 14.5. The van der Waals surface area contributed by atoms with E-state index in [2.05, 4.69) is 41.0 Å². The van der Waals surface area contributed by atoms with Crippen LogP contribution in [0.3, 0.4) is 0 Å². The van der Waals surface area contributed by atoms with Crippen LogP contribution in [-0.2, 0) is 4.79 Å². The molecule has 1 aliphatic rings. The summed E-state index contributed by atoms with van der Waals surface area (Å²) in [7, 11) is 1.85. The van der Waals surface area contributed by atoms with Crippen molar-refractivity contribution in [1.29, 1.82) is 0 Å². The van der Waals surface area contributed by atoms with Crippen LogP contribution in [0.5, 0.6) is 0 Å². The quantitative estimate of drug-likeness (QED) is 0.866. The smallest absolute Gasteiger partial charge is 0.240 e. The van der Waals surface area contributed by atoms with E-state index in [9.17, 15) is 4.79 Å². The van der Waals surface area contributed by atoms with Crippen molar-refractivity contribution >= 4 is 17.3 Å². The molecule has 0 bridgehead atoms. The maximum absolute atomic E-state index is 12.5. The lowest BCUT2D eigenvalue weighted by Gasteiger charge is -2.36. The number of para-hydroxylation sites is 1. The van der Waals surface area contributed by atoms with E-state index >= 15 is 0 Å². The molecule has 1 aliphatic heterocycles. The van der Waals surface area contributed by atoms with Crippen molar-refractivity contribution in [3.63, 3.8) is 0 Å². The lowest BCUT2D eigenvalue weighted by molar-refractivity contribution is -0.119. The van der Waals surface area contributed by atoms with E-state index in [0.717, 1.165) is 31.9 Å². The summed E-state index contributed by atoms with van der Waals surface area (Å²) in [4.78, 5) is 18.9. The summed E-state index contributed by atoms with van der Waals surface area (Å²) in [5.41, 5.74) is 3.51. The third-order valence-electron chi connectivity index (χ3n) is 4.62. The van der Waals surface area contributed by atoms with E-state index in [-0.39, 0.29) is 5.91 Å². The Morgan fingerprint density at radius 3 is 2.38 bits per heavy atom. The number of likely N-dealkylation sites (N-methyl/N-ethyl adjacent to an activating group) is 1. The number of carbonyl (C=O) groups excluding carboxylic acids is 1. The molecule has 1 fully saturated rings. The van der Waals surface area contributed by atoms with Gasteiger partial charge in [-0.3, -0.25) is 9.69 Å². The van der Waals surface area contributed by atoms with E-state index < -0.39 is 0 Å². The van der Waals surface area contributed by atoms with Crippen molar-refractivity contribution in [2.45, 2.75) is 6.92 Å². The van der Waals surface area contributed by atoms with Crippen molar-refractivity contribution in [1.82, 2.24) is 4.90 Å². The lowest BCUT2D eigenvalue weighted by Crippen LogP contribution is -2.49. The molecule has 2 aromatic carbocycles. The van der Waals surface area contributed by atoms with Crippen molar-refractivity contribution in [2.24, 2.45) is 0 Å². The average Bonchev–Trinajstić information content (AvgIpc) is 2.62. The third kappa shape index (κ3) is 3.95. The van der Waals surface area contributed by atoms with E-state index in [1.807, 2.05) is 37.4 Å². The van der Waals surface area contributed by atoms with Gasteiger partial charge in [0.05, 0.1) is 6.54 Å². The molecule has 1 amide bonds. The normalized spacial score (nSPS) is 15.3. The van der Waals surface area contributed by atoms with Crippen LogP contribution in [-0.4, -0.2) is 50.6 Å². The highest BCUT2D eigenvalue weighted by atomic mass is 16.2. The minimum atomic E-state index is 0.144. The Balaban J connectivity index is 1.53. The van der Waals surface area contributed by atoms with Gasteiger partial charge in [0.25, 0.3) is 0 Å². The van der Waals surface area contributed by atoms with Gasteiger partial charge in [-0.1, -0.05) is 30.3 Å². The average molecular weight is 323 g/mol. The van der Waals surface area contributed by atoms with Gasteiger partial charge in [0.2, 0.25) is 5.91 Å². The van der Waals surface area contributed by atoms with Crippen molar-refractivity contribution in [3.8, 4) is 0 Å². The van der Waals surface area contributed by atoms with Crippen molar-refractivity contribution in [2.75, 3.05) is 49.6 Å². The third-order valence-corrected chi connectivity index (χ3v) is 4.62. The van der Waals surface area contributed by atoms with Gasteiger partial charge in [0.15, 0.2) is 0 Å². The summed E-state index contributed by atoms with van der Waals surface area (Å²) in [5.74, 6) is 0.144. The summed E-state index contributed by atoms with van der Waals surface area (Å²) in [6.07, 6.45) is 0. The highest BCUT2D eigenvalue weighted by Crippen LogP contribution is 2.18. The van der Waals surface area contributed by atoms with Gasteiger partial charge < -0.3 is 9.80 Å². The predicted octanol–water partition coefficient (Wildman–Crippen LogP) is 2.78. The Morgan fingerprint density at radius 1 is 1.00 bits per heavy atom. The Morgan fingerprint density at radius 2 is 1.71 bits per heavy atom. The molecule has 126 valence electrons. The van der Waals surface area contributed by atoms with Crippen LogP contribution in [0.2, 0.25) is 0 Å². The van der Waals surface area contributed by atoms with Crippen LogP contribution in [0.1, 0.15) is 5.56 Å². The van der Waals surface area contributed by atoms with Gasteiger partial charge in [0.1, 0.15) is 0 Å². The summed E-state index contributed by atoms with van der Waals surface area (Å²) < 4.78 is 0. The highest BCUT2D eigenvalue weighted by Gasteiger charge is 2.21. The minimum Gasteiger partial charge on any atom is -0.369 e. The molecule has 0 radical (unpaired) electrons. The molecule has 0 aliphatic carbocycles. The number of hydrogen-bond acceptors (Lipinski definition) is 3. The Kier molecular flexibility index (Phi) is 5.16. The van der Waals surface area contributed by atoms with Crippen LogP contribution in [0.15, 0.2) is 54.6 Å². The fourth-order valence-electron chi connectivity index (χ4n) is 3.08. The predicted molar refractivity (Wildman–Crippen MR) is 99.7 cm³/mol. The zero-order valence-electron chi connectivity index (χ0n) is 14.5. The van der Waals surface area contributed by atoms with Crippen LogP contribution in [0, 0.1) is 6.92 Å². The molecule has 1 saturated heterocycles. The second-order valence-corrected chi connectivity index (χ2v) is 6.39. The molecule has 0 aromatic heterocycles. The molecule has 4 heteroatoms. The number of piperazine rings is 1. The number of aryl methyl sites for hydroxylation is 1. The van der Waals surface area contributed by atoms with E-state index in [0.29, 0.717) is 6.54 Å². The monoisotopic (exact) mass is 323 g/mol. The van der Waals surface area contributed by atoms with Crippen LogP contribution in [0.25, 0.3) is 0 Å². The minimum absolute atomic E-state index is 0.144. The molecule has 0 N–H and O–H groups in total. The first-order valence-corrected chi connectivity index (χ1v) is 8.49. The lowest BCUT2D eigenvalue weighted by atomic mass is 10.2. The largest absolute Gasteiger partial charge is 0.369 e. The number of anilines is 2. The number of nitrogens with zero attached hydrogens (tertiary/aromatic N) is 3. The van der Waals surface area contributed by atoms with Gasteiger partial charge >= 0.3 is 0 Å². The molecule has 3 rings (SSSR count). The summed E-state index contributed by atoms with van der Waals surface area (Å²) in [6, 6.07) is 18.4. The first-order valence-electron chi connectivity index (χ1n) is 8.49. The van der Waals surface area contributed by atoms with Gasteiger partial charge in [-0.2, -0.15) is 0 Å². The Hall–Kier alpha value is -2.33. The molecule has 0 unspecified atom stereocenters. The maximum Gasteiger partial charge on any atom is 0.240 e. The number of benzene rings is 2. The first-order chi connectivity index (χ1) is 11.6. The molecule has 0 atom stereocenters. The molecule has 4 nitrogen and oxygen atoms in total. The Bertz CT molecular complexity index is 678. The maximum atomic E-state index is 12.5. The Labute approximate surface area is 144 Å². The number of hydrogen-bond donors (Lipinski definition) is 0. The SMILES string of the molecule is Cc1cccc(N2CCN(CC(=O)N(C)c3ccccc3)CC2)c1. The molecule has 1 heterocycles. The van der Waals surface area contributed by atoms with Crippen molar-refractivity contribution < 1.29 is 4.79 Å². The van der Waals surface area contributed by atoms with Crippen LogP contribution >= 0.6 is 0 Å². The summed E-state index contributed by atoms with van der Waals surface area (Å²) in [5, 5.41) is 0. The highest BCUT2D eigenvalue weighted by molar-refractivity contribution is 5.94. The fraction of sp³-hybridized carbons (Fsp3) is 0.350. The second-order valence-electron chi connectivity index (χ2n) is 6.39. The number of amides is 1. The summed E-state index contributed by atoms with van der Waals surface area (Å²) >= 11 is 0. The van der Waals surface area contributed by atoms with Crippen LogP contribution < -0.4 is 9.80 Å². The zero-order chi connectivity index (χ0) is 16.9. The van der Waals surface area contributed by atoms with E-state index in [4.69, 9.17) is 0 Å². The molecule has 2 aromatic rings. The van der Waals surface area contributed by atoms with E-state index in [1.54, 1.807) is 4.90 Å². The number of carbonyl (C=O) groups is 1. The first kappa shape index (κ1) is 16.5. The van der Waals surface area contributed by atoms with Crippen molar-refractivity contribution in [3.05, 3.63) is 60.2 Å². The standard InChI is InChI=1S/C20H25N3O/c1-17-7-6-10-19(15-17)23-13-11-22(12-14-23)16-20(24)21(2)18-8-4-3-5-9-18/h3-10,15H,11-14,16H2,1-2H3. The van der Waals surface area contributed by atoms with Gasteiger partial charge in [-0.05, 0) is 36.8 Å². The van der Waals surface area contributed by atoms with Crippen LogP contribution in [0.4, 0.5) is 11.4 Å². The topological polar surface area (TPSA) is 26.8 Å². The molecular formula is C20H25N3O.